The van der Waals surface area contributed by atoms with Gasteiger partial charge in [-0.3, -0.25) is 0 Å². The highest BCUT2D eigenvalue weighted by atomic mass is 16.5. The molecule has 0 N–H and O–H groups in total. The summed E-state index contributed by atoms with van der Waals surface area (Å²) in [7, 11) is 3.15. The van der Waals surface area contributed by atoms with E-state index >= 15 is 0 Å². The molecule has 0 radical (unpaired) electrons. The average Bonchev–Trinajstić information content (AvgIpc) is 3.40. The van der Waals surface area contributed by atoms with Crippen LogP contribution in [0.4, 0.5) is 0 Å². The summed E-state index contributed by atoms with van der Waals surface area (Å²) in [6.45, 7) is -0.0893. The Morgan fingerprint density at radius 3 is 2.43 bits per heavy atom. The first kappa shape index (κ1) is 22.2. The second-order valence-electron chi connectivity index (χ2n) is 7.70. The lowest BCUT2D eigenvalue weighted by Crippen LogP contribution is -2.07. The SMILES string of the molecule is COc1ccc(-c2cc(C(=O)OCc3ncc(-c4ccccc4)o3)c3ccccc3n2)cc1OC. The normalized spacial score (nSPS) is 10.8. The van der Waals surface area contributed by atoms with Crippen LogP contribution in [0, 0.1) is 0 Å². The quantitative estimate of drug-likeness (QED) is 0.275. The molecule has 0 aliphatic rings. The molecule has 3 aromatic carbocycles. The highest BCUT2D eigenvalue weighted by Crippen LogP contribution is 2.33. The predicted octanol–water partition coefficient (Wildman–Crippen LogP) is 5.93. The Bertz CT molecular complexity index is 1490. The summed E-state index contributed by atoms with van der Waals surface area (Å²) in [6.07, 6.45) is 1.62. The van der Waals surface area contributed by atoms with Crippen LogP contribution < -0.4 is 9.47 Å². The molecule has 35 heavy (non-hydrogen) atoms. The second-order valence-corrected chi connectivity index (χ2v) is 7.70. The fraction of sp³-hybridized carbons (Fsp3) is 0.107. The van der Waals surface area contributed by atoms with Gasteiger partial charge in [0.05, 0.1) is 37.2 Å². The van der Waals surface area contributed by atoms with Crippen LogP contribution in [-0.4, -0.2) is 30.2 Å². The molecule has 0 saturated carbocycles. The van der Waals surface area contributed by atoms with Crippen LogP contribution in [0.3, 0.4) is 0 Å². The number of carbonyl (C=O) groups is 1. The van der Waals surface area contributed by atoms with Gasteiger partial charge in [0.2, 0.25) is 5.89 Å². The Kier molecular flexibility index (Phi) is 6.13. The molecule has 0 spiro atoms. The number of benzene rings is 3. The molecule has 0 aliphatic heterocycles. The number of oxazole rings is 1. The van der Waals surface area contributed by atoms with Crippen LogP contribution >= 0.6 is 0 Å². The van der Waals surface area contributed by atoms with Crippen LogP contribution in [0.25, 0.3) is 33.5 Å². The van der Waals surface area contributed by atoms with Gasteiger partial charge < -0.3 is 18.6 Å². The van der Waals surface area contributed by atoms with Crippen molar-refractivity contribution in [2.45, 2.75) is 6.61 Å². The van der Waals surface area contributed by atoms with E-state index in [9.17, 15) is 4.79 Å². The molecule has 7 heteroatoms. The first-order valence-electron chi connectivity index (χ1n) is 11.0. The zero-order valence-electron chi connectivity index (χ0n) is 19.2. The Morgan fingerprint density at radius 2 is 1.63 bits per heavy atom. The summed E-state index contributed by atoms with van der Waals surface area (Å²) in [6, 6.07) is 24.3. The predicted molar refractivity (Wildman–Crippen MR) is 131 cm³/mol. The number of para-hydroxylation sites is 1. The Balaban J connectivity index is 1.44. The summed E-state index contributed by atoms with van der Waals surface area (Å²) >= 11 is 0. The number of fused-ring (bicyclic) bond motifs is 1. The molecule has 0 atom stereocenters. The molecule has 0 bridgehead atoms. The number of methoxy groups -OCH3 is 2. The molecule has 0 fully saturated rings. The minimum atomic E-state index is -0.496. The third kappa shape index (κ3) is 4.56. The maximum Gasteiger partial charge on any atom is 0.339 e. The highest BCUT2D eigenvalue weighted by Gasteiger charge is 2.17. The van der Waals surface area contributed by atoms with Gasteiger partial charge in [0.1, 0.15) is 0 Å². The fourth-order valence-electron chi connectivity index (χ4n) is 3.81. The van der Waals surface area contributed by atoms with E-state index in [1.165, 1.54) is 0 Å². The molecule has 2 heterocycles. The molecule has 5 rings (SSSR count). The maximum atomic E-state index is 13.2. The molecule has 0 aliphatic carbocycles. The van der Waals surface area contributed by atoms with Crippen LogP contribution in [0.1, 0.15) is 16.2 Å². The van der Waals surface area contributed by atoms with Crippen molar-refractivity contribution >= 4 is 16.9 Å². The van der Waals surface area contributed by atoms with E-state index < -0.39 is 5.97 Å². The van der Waals surface area contributed by atoms with E-state index in [0.717, 1.165) is 11.1 Å². The van der Waals surface area contributed by atoms with E-state index in [4.69, 9.17) is 23.6 Å². The lowest BCUT2D eigenvalue weighted by Gasteiger charge is -2.12. The molecule has 0 unspecified atom stereocenters. The number of pyridine rings is 1. The number of hydrogen-bond donors (Lipinski definition) is 0. The van der Waals surface area contributed by atoms with Gasteiger partial charge in [0, 0.05) is 16.5 Å². The van der Waals surface area contributed by atoms with Gasteiger partial charge in [-0.25, -0.2) is 14.8 Å². The van der Waals surface area contributed by atoms with E-state index in [-0.39, 0.29) is 6.61 Å². The third-order valence-electron chi connectivity index (χ3n) is 5.55. The minimum Gasteiger partial charge on any atom is -0.493 e. The standard InChI is InChI=1S/C28H22N2O5/c1-32-24-13-12-19(14-25(24)33-2)23-15-21(20-10-6-7-11-22(20)30-23)28(31)34-17-27-29-16-26(35-27)18-8-4-3-5-9-18/h3-16H,17H2,1-2H3. The number of hydrogen-bond acceptors (Lipinski definition) is 7. The molecule has 2 aromatic heterocycles. The third-order valence-corrected chi connectivity index (χ3v) is 5.55. The molecule has 0 amide bonds. The first-order valence-corrected chi connectivity index (χ1v) is 11.0. The molecular weight excluding hydrogens is 444 g/mol. The fourth-order valence-corrected chi connectivity index (χ4v) is 3.81. The lowest BCUT2D eigenvalue weighted by molar-refractivity contribution is 0.0441. The van der Waals surface area contributed by atoms with Crippen molar-refractivity contribution < 1.29 is 23.4 Å². The average molecular weight is 466 g/mol. The van der Waals surface area contributed by atoms with Gasteiger partial charge >= 0.3 is 5.97 Å². The van der Waals surface area contributed by atoms with Gasteiger partial charge in [0.25, 0.3) is 0 Å². The lowest BCUT2D eigenvalue weighted by atomic mass is 10.0. The maximum absolute atomic E-state index is 13.2. The summed E-state index contributed by atoms with van der Waals surface area (Å²) < 4.78 is 22.1. The van der Waals surface area contributed by atoms with Crippen LogP contribution in [-0.2, 0) is 11.3 Å². The van der Waals surface area contributed by atoms with Crippen molar-refractivity contribution in [3.63, 3.8) is 0 Å². The van der Waals surface area contributed by atoms with E-state index in [1.54, 1.807) is 32.5 Å². The summed E-state index contributed by atoms with van der Waals surface area (Å²) in [5.74, 6) is 1.61. The summed E-state index contributed by atoms with van der Waals surface area (Å²) in [4.78, 5) is 22.1. The Hall–Kier alpha value is -4.65. The van der Waals surface area contributed by atoms with Crippen LogP contribution in [0.15, 0.2) is 89.5 Å². The monoisotopic (exact) mass is 466 g/mol. The Labute approximate surface area is 201 Å². The Morgan fingerprint density at radius 1 is 0.857 bits per heavy atom. The van der Waals surface area contributed by atoms with Gasteiger partial charge in [-0.2, -0.15) is 0 Å². The van der Waals surface area contributed by atoms with Gasteiger partial charge in [0.15, 0.2) is 23.9 Å². The number of nitrogens with zero attached hydrogens (tertiary/aromatic N) is 2. The largest absolute Gasteiger partial charge is 0.493 e. The first-order chi connectivity index (χ1) is 17.2. The van der Waals surface area contributed by atoms with E-state index in [2.05, 4.69) is 4.98 Å². The van der Waals surface area contributed by atoms with Gasteiger partial charge in [-0.15, -0.1) is 0 Å². The van der Waals surface area contributed by atoms with Crippen molar-refractivity contribution in [3.8, 4) is 34.1 Å². The topological polar surface area (TPSA) is 83.7 Å². The number of aromatic nitrogens is 2. The smallest absolute Gasteiger partial charge is 0.339 e. The molecule has 7 nitrogen and oxygen atoms in total. The molecular formula is C28H22N2O5. The summed E-state index contributed by atoms with van der Waals surface area (Å²) in [5.41, 5.74) is 3.36. The van der Waals surface area contributed by atoms with Crippen LogP contribution in [0.2, 0.25) is 0 Å². The summed E-state index contributed by atoms with van der Waals surface area (Å²) in [5, 5.41) is 0.694. The minimum absolute atomic E-state index is 0.0893. The van der Waals surface area contributed by atoms with Gasteiger partial charge in [-0.1, -0.05) is 48.5 Å². The number of ether oxygens (including phenoxy) is 3. The van der Waals surface area contributed by atoms with Gasteiger partial charge in [-0.05, 0) is 30.3 Å². The van der Waals surface area contributed by atoms with E-state index in [1.807, 2.05) is 66.7 Å². The van der Waals surface area contributed by atoms with Crippen molar-refractivity contribution in [1.29, 1.82) is 0 Å². The zero-order chi connectivity index (χ0) is 24.2. The number of rotatable bonds is 7. The van der Waals surface area contributed by atoms with Crippen molar-refractivity contribution in [2.75, 3.05) is 14.2 Å². The van der Waals surface area contributed by atoms with Crippen molar-refractivity contribution in [1.82, 2.24) is 9.97 Å². The number of carbonyl (C=O) groups excluding carboxylic acids is 1. The second kappa shape index (κ2) is 9.69. The number of esters is 1. The van der Waals surface area contributed by atoms with E-state index in [0.29, 0.717) is 45.3 Å². The molecule has 5 aromatic rings. The van der Waals surface area contributed by atoms with Crippen molar-refractivity contribution in [2.24, 2.45) is 0 Å². The van der Waals surface area contributed by atoms with Crippen molar-refractivity contribution in [3.05, 3.63) is 96.5 Å². The zero-order valence-corrected chi connectivity index (χ0v) is 19.2. The van der Waals surface area contributed by atoms with Crippen LogP contribution in [0.5, 0.6) is 11.5 Å². The molecule has 174 valence electrons. The molecule has 0 saturated heterocycles. The highest BCUT2D eigenvalue weighted by molar-refractivity contribution is 6.04.